The summed E-state index contributed by atoms with van der Waals surface area (Å²) in [5.41, 5.74) is -1.85. The SMILES string of the molecule is CC(C)(C)NC1(C(=O)C(F)(F)F)CCC1. The quantitative estimate of drug-likeness (QED) is 0.779. The molecule has 0 radical (unpaired) electrons. The van der Waals surface area contributed by atoms with E-state index in [1.807, 2.05) is 0 Å². The van der Waals surface area contributed by atoms with E-state index in [2.05, 4.69) is 5.32 Å². The molecule has 88 valence electrons. The molecule has 0 aromatic rings. The first kappa shape index (κ1) is 12.5. The molecule has 1 N–H and O–H groups in total. The van der Waals surface area contributed by atoms with E-state index in [-0.39, 0.29) is 12.8 Å². The van der Waals surface area contributed by atoms with Crippen molar-refractivity contribution in [3.05, 3.63) is 0 Å². The predicted molar refractivity (Wildman–Crippen MR) is 50.5 cm³/mol. The molecule has 2 nitrogen and oxygen atoms in total. The highest BCUT2D eigenvalue weighted by Crippen LogP contribution is 2.39. The van der Waals surface area contributed by atoms with Crippen molar-refractivity contribution >= 4 is 5.78 Å². The Kier molecular flexibility index (Phi) is 2.89. The highest BCUT2D eigenvalue weighted by Gasteiger charge is 2.56. The zero-order chi connectivity index (χ0) is 11.9. The van der Waals surface area contributed by atoms with Crippen molar-refractivity contribution in [3.63, 3.8) is 0 Å². The molecule has 0 unspecified atom stereocenters. The van der Waals surface area contributed by atoms with Crippen molar-refractivity contribution < 1.29 is 18.0 Å². The monoisotopic (exact) mass is 223 g/mol. The van der Waals surface area contributed by atoms with Crippen LogP contribution in [0.4, 0.5) is 13.2 Å². The van der Waals surface area contributed by atoms with E-state index in [1.165, 1.54) is 0 Å². The Morgan fingerprint density at radius 1 is 1.20 bits per heavy atom. The maximum absolute atomic E-state index is 12.4. The van der Waals surface area contributed by atoms with Gasteiger partial charge in [-0.25, -0.2) is 0 Å². The number of ketones is 1. The Morgan fingerprint density at radius 3 is 1.87 bits per heavy atom. The number of nitrogens with one attached hydrogen (secondary N) is 1. The van der Waals surface area contributed by atoms with Gasteiger partial charge in [0.1, 0.15) is 0 Å². The molecule has 0 saturated heterocycles. The predicted octanol–water partition coefficient (Wildman–Crippen LogP) is 2.43. The second-order valence-electron chi connectivity index (χ2n) is 5.14. The van der Waals surface area contributed by atoms with Crippen LogP contribution in [0.3, 0.4) is 0 Å². The van der Waals surface area contributed by atoms with Crippen molar-refractivity contribution in [3.8, 4) is 0 Å². The van der Waals surface area contributed by atoms with Gasteiger partial charge in [-0.05, 0) is 40.0 Å². The summed E-state index contributed by atoms with van der Waals surface area (Å²) in [6.45, 7) is 5.28. The fourth-order valence-corrected chi connectivity index (χ4v) is 1.93. The van der Waals surface area contributed by atoms with E-state index in [0.29, 0.717) is 6.42 Å². The summed E-state index contributed by atoms with van der Waals surface area (Å²) in [5, 5.41) is 2.81. The Balaban J connectivity index is 2.83. The van der Waals surface area contributed by atoms with Crippen molar-refractivity contribution in [2.24, 2.45) is 0 Å². The topological polar surface area (TPSA) is 29.1 Å². The van der Waals surface area contributed by atoms with Crippen molar-refractivity contribution in [1.82, 2.24) is 5.32 Å². The first-order valence-corrected chi connectivity index (χ1v) is 4.98. The summed E-state index contributed by atoms with van der Waals surface area (Å²) >= 11 is 0. The standard InChI is InChI=1S/C10H16F3NO/c1-8(2,3)14-9(5-4-6-9)7(15)10(11,12)13/h14H,4-6H2,1-3H3. The van der Waals surface area contributed by atoms with E-state index in [4.69, 9.17) is 0 Å². The minimum Gasteiger partial charge on any atom is -0.300 e. The fourth-order valence-electron chi connectivity index (χ4n) is 1.93. The summed E-state index contributed by atoms with van der Waals surface area (Å²) in [6, 6.07) is 0. The van der Waals surface area contributed by atoms with Crippen molar-refractivity contribution in [2.45, 2.75) is 57.3 Å². The van der Waals surface area contributed by atoms with Crippen LogP contribution in [0.1, 0.15) is 40.0 Å². The van der Waals surface area contributed by atoms with Crippen LogP contribution in [0.2, 0.25) is 0 Å². The number of hydrogen-bond acceptors (Lipinski definition) is 2. The second-order valence-corrected chi connectivity index (χ2v) is 5.14. The van der Waals surface area contributed by atoms with E-state index in [9.17, 15) is 18.0 Å². The highest BCUT2D eigenvalue weighted by atomic mass is 19.4. The van der Waals surface area contributed by atoms with Crippen LogP contribution in [-0.2, 0) is 4.79 Å². The summed E-state index contributed by atoms with van der Waals surface area (Å²) in [5.74, 6) is -1.63. The lowest BCUT2D eigenvalue weighted by atomic mass is 9.72. The third kappa shape index (κ3) is 2.71. The minimum absolute atomic E-state index is 0.280. The number of carbonyl (C=O) groups excluding carboxylic acids is 1. The number of halogens is 3. The van der Waals surface area contributed by atoms with Gasteiger partial charge in [-0.1, -0.05) is 0 Å². The molecule has 15 heavy (non-hydrogen) atoms. The first-order valence-electron chi connectivity index (χ1n) is 4.98. The number of hydrogen-bond donors (Lipinski definition) is 1. The third-order valence-electron chi connectivity index (χ3n) is 2.51. The van der Waals surface area contributed by atoms with Crippen LogP contribution in [0, 0.1) is 0 Å². The molecule has 1 rings (SSSR count). The van der Waals surface area contributed by atoms with Crippen LogP contribution in [0.25, 0.3) is 0 Å². The first-order chi connectivity index (χ1) is 6.57. The van der Waals surface area contributed by atoms with Gasteiger partial charge in [-0.2, -0.15) is 13.2 Å². The number of Topliss-reactive ketones (excluding diaryl/α,β-unsaturated/α-hetero) is 1. The summed E-state index contributed by atoms with van der Waals surface area (Å²) in [6.07, 6.45) is -3.51. The van der Waals surface area contributed by atoms with Gasteiger partial charge in [0.05, 0.1) is 5.54 Å². The Labute approximate surface area is 87.2 Å². The van der Waals surface area contributed by atoms with Crippen LogP contribution in [0.5, 0.6) is 0 Å². The van der Waals surface area contributed by atoms with Crippen LogP contribution in [0.15, 0.2) is 0 Å². The molecule has 0 atom stereocenters. The number of rotatable bonds is 2. The van der Waals surface area contributed by atoms with Crippen LogP contribution >= 0.6 is 0 Å². The molecule has 0 aromatic heterocycles. The average Bonchev–Trinajstić information content (AvgIpc) is 1.92. The zero-order valence-electron chi connectivity index (χ0n) is 9.16. The summed E-state index contributed by atoms with van der Waals surface area (Å²) < 4.78 is 37.1. The van der Waals surface area contributed by atoms with Gasteiger partial charge in [0.15, 0.2) is 0 Å². The maximum Gasteiger partial charge on any atom is 0.451 e. The molecule has 1 fully saturated rings. The lowest BCUT2D eigenvalue weighted by molar-refractivity contribution is -0.182. The molecular weight excluding hydrogens is 207 g/mol. The fraction of sp³-hybridized carbons (Fsp3) is 0.900. The van der Waals surface area contributed by atoms with Gasteiger partial charge in [0.25, 0.3) is 5.78 Å². The molecule has 0 heterocycles. The van der Waals surface area contributed by atoms with Gasteiger partial charge < -0.3 is 0 Å². The van der Waals surface area contributed by atoms with Gasteiger partial charge in [-0.3, -0.25) is 10.1 Å². The molecule has 0 amide bonds. The van der Waals surface area contributed by atoms with Crippen molar-refractivity contribution in [2.75, 3.05) is 0 Å². The molecule has 1 saturated carbocycles. The average molecular weight is 223 g/mol. The number of carbonyl (C=O) groups is 1. The molecule has 0 spiro atoms. The van der Waals surface area contributed by atoms with Gasteiger partial charge in [0, 0.05) is 5.54 Å². The Hall–Kier alpha value is -0.580. The van der Waals surface area contributed by atoms with Gasteiger partial charge in [-0.15, -0.1) is 0 Å². The maximum atomic E-state index is 12.4. The van der Waals surface area contributed by atoms with Crippen LogP contribution in [-0.4, -0.2) is 23.0 Å². The normalized spacial score (nSPS) is 20.9. The second kappa shape index (κ2) is 3.47. The largest absolute Gasteiger partial charge is 0.451 e. The molecule has 0 aliphatic heterocycles. The number of alkyl halides is 3. The smallest absolute Gasteiger partial charge is 0.300 e. The molecule has 5 heteroatoms. The molecule has 0 aromatic carbocycles. The molecule has 1 aliphatic carbocycles. The van der Waals surface area contributed by atoms with E-state index >= 15 is 0 Å². The molecular formula is C10H16F3NO. The van der Waals surface area contributed by atoms with Crippen LogP contribution < -0.4 is 5.32 Å². The lowest BCUT2D eigenvalue weighted by Gasteiger charge is -2.45. The molecule has 0 bridgehead atoms. The van der Waals surface area contributed by atoms with Gasteiger partial charge >= 0.3 is 6.18 Å². The van der Waals surface area contributed by atoms with Crippen molar-refractivity contribution in [1.29, 1.82) is 0 Å². The Bertz CT molecular complexity index is 261. The highest BCUT2D eigenvalue weighted by molar-refractivity contribution is 5.94. The molecule has 1 aliphatic rings. The van der Waals surface area contributed by atoms with Gasteiger partial charge in [0.2, 0.25) is 0 Å². The minimum atomic E-state index is -4.74. The Morgan fingerprint density at radius 2 is 1.67 bits per heavy atom. The summed E-state index contributed by atoms with van der Waals surface area (Å²) in [7, 11) is 0. The van der Waals surface area contributed by atoms with E-state index in [1.54, 1.807) is 20.8 Å². The summed E-state index contributed by atoms with van der Waals surface area (Å²) in [4.78, 5) is 11.3. The zero-order valence-corrected chi connectivity index (χ0v) is 9.16. The van der Waals surface area contributed by atoms with E-state index in [0.717, 1.165) is 0 Å². The lowest BCUT2D eigenvalue weighted by Crippen LogP contribution is -2.65. The third-order valence-corrected chi connectivity index (χ3v) is 2.51. The van der Waals surface area contributed by atoms with E-state index < -0.39 is 23.0 Å².